The van der Waals surface area contributed by atoms with Gasteiger partial charge in [0.05, 0.1) is 6.61 Å². The van der Waals surface area contributed by atoms with Gasteiger partial charge >= 0.3 is 5.97 Å². The monoisotopic (exact) mass is 262 g/mol. The lowest BCUT2D eigenvalue weighted by Gasteiger charge is -2.18. The molecule has 0 spiro atoms. The molecule has 0 amide bonds. The molecule has 0 fully saturated rings. The predicted molar refractivity (Wildman–Crippen MR) is 77.1 cm³/mol. The van der Waals surface area contributed by atoms with E-state index in [1.54, 1.807) is 6.08 Å². The molecule has 1 aromatic carbocycles. The first-order valence-electron chi connectivity index (χ1n) is 6.55. The summed E-state index contributed by atoms with van der Waals surface area (Å²) in [4.78, 5) is 11.6. The zero-order chi connectivity index (χ0) is 14.3. The molecule has 0 aliphatic heterocycles. The fraction of sp³-hybridized carbons (Fsp3) is 0.438. The van der Waals surface area contributed by atoms with Gasteiger partial charge in [0.1, 0.15) is 11.4 Å². The number of ether oxygens (including phenoxy) is 2. The molecule has 3 heteroatoms. The minimum atomic E-state index is -0.473. The lowest BCUT2D eigenvalue weighted by molar-refractivity contribution is -0.148. The summed E-state index contributed by atoms with van der Waals surface area (Å²) in [5.74, 6) is 0.432. The summed E-state index contributed by atoms with van der Waals surface area (Å²) in [6.45, 7) is 8.25. The fourth-order valence-electron chi connectivity index (χ4n) is 1.46. The van der Waals surface area contributed by atoms with E-state index in [9.17, 15) is 4.79 Å². The molecule has 0 N–H and O–H groups in total. The molecule has 0 aliphatic rings. The van der Waals surface area contributed by atoms with Crippen LogP contribution in [-0.4, -0.2) is 18.2 Å². The third-order valence-electron chi connectivity index (χ3n) is 2.19. The highest BCUT2D eigenvalue weighted by molar-refractivity contribution is 5.87. The van der Waals surface area contributed by atoms with Gasteiger partial charge in [0.25, 0.3) is 0 Å². The zero-order valence-electron chi connectivity index (χ0n) is 12.1. The van der Waals surface area contributed by atoms with E-state index in [-0.39, 0.29) is 5.97 Å². The van der Waals surface area contributed by atoms with Gasteiger partial charge in [-0.1, -0.05) is 25.1 Å². The van der Waals surface area contributed by atoms with E-state index in [1.165, 1.54) is 6.08 Å². The third kappa shape index (κ3) is 6.09. The van der Waals surface area contributed by atoms with E-state index >= 15 is 0 Å². The lowest BCUT2D eigenvalue weighted by atomic mass is 10.2. The molecule has 1 rings (SSSR count). The highest BCUT2D eigenvalue weighted by atomic mass is 16.6. The normalized spacial score (nSPS) is 11.6. The average molecular weight is 262 g/mol. The van der Waals surface area contributed by atoms with Crippen molar-refractivity contribution in [2.45, 2.75) is 39.7 Å². The van der Waals surface area contributed by atoms with Gasteiger partial charge in [0.15, 0.2) is 0 Å². The highest BCUT2D eigenvalue weighted by Gasteiger charge is 2.13. The van der Waals surface area contributed by atoms with E-state index in [1.807, 2.05) is 45.0 Å². The van der Waals surface area contributed by atoms with Crippen LogP contribution in [0, 0.1) is 0 Å². The first-order valence-corrected chi connectivity index (χ1v) is 6.55. The second kappa shape index (κ2) is 6.98. The summed E-state index contributed by atoms with van der Waals surface area (Å²) < 4.78 is 10.8. The standard InChI is InChI=1S/C16H22O3/c1-5-12-18-14-9-7-6-8-13(14)10-11-15(17)19-16(2,3)4/h6-11H,5,12H2,1-4H3. The smallest absolute Gasteiger partial charge is 0.331 e. The Balaban J connectivity index is 2.73. The molecular weight excluding hydrogens is 240 g/mol. The molecule has 104 valence electrons. The van der Waals surface area contributed by atoms with Crippen molar-refractivity contribution in [1.82, 2.24) is 0 Å². The van der Waals surface area contributed by atoms with Crippen molar-refractivity contribution in [3.63, 3.8) is 0 Å². The van der Waals surface area contributed by atoms with Crippen LogP contribution in [0.15, 0.2) is 30.3 Å². The van der Waals surface area contributed by atoms with Gasteiger partial charge in [-0.15, -0.1) is 0 Å². The van der Waals surface area contributed by atoms with Gasteiger partial charge in [-0.05, 0) is 39.3 Å². The summed E-state index contributed by atoms with van der Waals surface area (Å²) in [7, 11) is 0. The van der Waals surface area contributed by atoms with Crippen molar-refractivity contribution in [2.24, 2.45) is 0 Å². The van der Waals surface area contributed by atoms with Crippen LogP contribution in [0.5, 0.6) is 5.75 Å². The van der Waals surface area contributed by atoms with Crippen molar-refractivity contribution >= 4 is 12.0 Å². The largest absolute Gasteiger partial charge is 0.493 e. The minimum absolute atomic E-state index is 0.349. The molecule has 19 heavy (non-hydrogen) atoms. The minimum Gasteiger partial charge on any atom is -0.493 e. The maximum absolute atomic E-state index is 11.6. The number of para-hydroxylation sites is 1. The van der Waals surface area contributed by atoms with Crippen LogP contribution in [0.3, 0.4) is 0 Å². The van der Waals surface area contributed by atoms with Crippen LogP contribution in [0.2, 0.25) is 0 Å². The van der Waals surface area contributed by atoms with Crippen molar-refractivity contribution in [3.05, 3.63) is 35.9 Å². The van der Waals surface area contributed by atoms with Gasteiger partial charge in [0, 0.05) is 11.6 Å². The van der Waals surface area contributed by atoms with E-state index in [0.29, 0.717) is 6.61 Å². The van der Waals surface area contributed by atoms with Crippen LogP contribution < -0.4 is 4.74 Å². The molecule has 1 aromatic rings. The highest BCUT2D eigenvalue weighted by Crippen LogP contribution is 2.20. The molecule has 0 heterocycles. The van der Waals surface area contributed by atoms with E-state index in [4.69, 9.17) is 9.47 Å². The van der Waals surface area contributed by atoms with Crippen molar-refractivity contribution < 1.29 is 14.3 Å². The molecule has 0 radical (unpaired) electrons. The molecule has 0 bridgehead atoms. The molecule has 0 saturated heterocycles. The molecular formula is C16H22O3. The van der Waals surface area contributed by atoms with Gasteiger partial charge in [-0.25, -0.2) is 4.79 Å². The Morgan fingerprint density at radius 1 is 1.26 bits per heavy atom. The van der Waals surface area contributed by atoms with Gasteiger partial charge < -0.3 is 9.47 Å². The van der Waals surface area contributed by atoms with Crippen LogP contribution >= 0.6 is 0 Å². The zero-order valence-corrected chi connectivity index (χ0v) is 12.1. The first-order chi connectivity index (χ1) is 8.92. The van der Waals surface area contributed by atoms with Gasteiger partial charge in [0.2, 0.25) is 0 Å². The maximum Gasteiger partial charge on any atom is 0.331 e. The van der Waals surface area contributed by atoms with Gasteiger partial charge in [-0.3, -0.25) is 0 Å². The number of hydrogen-bond acceptors (Lipinski definition) is 3. The summed E-state index contributed by atoms with van der Waals surface area (Å²) in [5.41, 5.74) is 0.404. The number of esters is 1. The van der Waals surface area contributed by atoms with E-state index in [2.05, 4.69) is 6.92 Å². The van der Waals surface area contributed by atoms with E-state index < -0.39 is 5.60 Å². The molecule has 0 aromatic heterocycles. The Kier molecular flexibility index (Phi) is 5.61. The summed E-state index contributed by atoms with van der Waals surface area (Å²) in [6.07, 6.45) is 4.10. The molecule has 0 saturated carbocycles. The van der Waals surface area contributed by atoms with Crippen molar-refractivity contribution in [1.29, 1.82) is 0 Å². The summed E-state index contributed by atoms with van der Waals surface area (Å²) in [6, 6.07) is 7.62. The summed E-state index contributed by atoms with van der Waals surface area (Å²) >= 11 is 0. The number of hydrogen-bond donors (Lipinski definition) is 0. The number of benzene rings is 1. The van der Waals surface area contributed by atoms with Gasteiger partial charge in [-0.2, -0.15) is 0 Å². The van der Waals surface area contributed by atoms with Crippen molar-refractivity contribution in [2.75, 3.05) is 6.61 Å². The summed E-state index contributed by atoms with van der Waals surface area (Å²) in [5, 5.41) is 0. The number of rotatable bonds is 5. The lowest BCUT2D eigenvalue weighted by Crippen LogP contribution is -2.22. The van der Waals surface area contributed by atoms with E-state index in [0.717, 1.165) is 17.7 Å². The van der Waals surface area contributed by atoms with Crippen molar-refractivity contribution in [3.8, 4) is 5.75 Å². The number of carbonyl (C=O) groups excluding carboxylic acids is 1. The number of carbonyl (C=O) groups is 1. The average Bonchev–Trinajstić information content (AvgIpc) is 2.32. The Labute approximate surface area is 115 Å². The van der Waals surface area contributed by atoms with Crippen LogP contribution in [0.4, 0.5) is 0 Å². The topological polar surface area (TPSA) is 35.5 Å². The second-order valence-electron chi connectivity index (χ2n) is 5.25. The Bertz CT molecular complexity index is 442. The molecule has 0 aliphatic carbocycles. The Morgan fingerprint density at radius 2 is 1.95 bits per heavy atom. The SMILES string of the molecule is CCCOc1ccccc1C=CC(=O)OC(C)(C)C. The third-order valence-corrected chi connectivity index (χ3v) is 2.19. The van der Waals surface area contributed by atoms with Crippen LogP contribution in [-0.2, 0) is 9.53 Å². The van der Waals surface area contributed by atoms with Crippen LogP contribution in [0.25, 0.3) is 6.08 Å². The Morgan fingerprint density at radius 3 is 2.58 bits per heavy atom. The molecule has 3 nitrogen and oxygen atoms in total. The predicted octanol–water partition coefficient (Wildman–Crippen LogP) is 3.83. The quantitative estimate of drug-likeness (QED) is 0.597. The first kappa shape index (κ1) is 15.3. The van der Waals surface area contributed by atoms with Crippen LogP contribution in [0.1, 0.15) is 39.7 Å². The Hall–Kier alpha value is -1.77. The second-order valence-corrected chi connectivity index (χ2v) is 5.25. The maximum atomic E-state index is 11.6. The molecule has 0 atom stereocenters. The fourth-order valence-corrected chi connectivity index (χ4v) is 1.46. The molecule has 0 unspecified atom stereocenters.